The number of nitrogens with one attached hydrogen (secondary N) is 1. The summed E-state index contributed by atoms with van der Waals surface area (Å²) in [6.45, 7) is 8.66. The van der Waals surface area contributed by atoms with Gasteiger partial charge in [-0.1, -0.05) is 43.7 Å². The van der Waals surface area contributed by atoms with Crippen molar-refractivity contribution in [3.63, 3.8) is 0 Å². The molecular formula is C27H32N4O4. The molecule has 184 valence electrons. The molecule has 1 aromatic carbocycles. The SMILES string of the molecule is Cc1ccc(CN2CC[C@@](O)(c3ccc4c(n3)CN([C@@H]3CCC(=O)NC3=O)C4=O)C(C)(C)C2)cc1. The fourth-order valence-electron chi connectivity index (χ4n) is 5.65. The maximum atomic E-state index is 13.0. The Hall–Kier alpha value is -3.10. The van der Waals surface area contributed by atoms with Gasteiger partial charge in [0.2, 0.25) is 11.8 Å². The molecule has 3 amide bonds. The standard InChI is InChI=1S/C27H32N4O4/c1-17-4-6-18(7-5-17)14-30-13-12-27(35,26(2,3)16-30)22-10-8-19-20(28-22)15-31(25(19)34)21-9-11-23(32)29-24(21)33/h4-8,10,21,35H,9,11-16H2,1-3H3,(H,29,32,33)/t21-,27-/m1/s1. The van der Waals surface area contributed by atoms with Gasteiger partial charge in [0, 0.05) is 31.5 Å². The van der Waals surface area contributed by atoms with E-state index in [9.17, 15) is 19.5 Å². The van der Waals surface area contributed by atoms with Gasteiger partial charge < -0.3 is 10.0 Å². The van der Waals surface area contributed by atoms with Crippen molar-refractivity contribution in [2.75, 3.05) is 13.1 Å². The number of rotatable bonds is 4. The Morgan fingerprint density at radius 1 is 1.11 bits per heavy atom. The van der Waals surface area contributed by atoms with Crippen molar-refractivity contribution >= 4 is 17.7 Å². The summed E-state index contributed by atoms with van der Waals surface area (Å²) in [5, 5.41) is 14.2. The second-order valence-corrected chi connectivity index (χ2v) is 10.8. The largest absolute Gasteiger partial charge is 0.383 e. The van der Waals surface area contributed by atoms with E-state index >= 15 is 0 Å². The number of carbonyl (C=O) groups excluding carboxylic acids is 3. The number of aromatic nitrogens is 1. The maximum Gasteiger partial charge on any atom is 0.256 e. The molecule has 2 N–H and O–H groups in total. The summed E-state index contributed by atoms with van der Waals surface area (Å²) in [6, 6.07) is 11.3. The van der Waals surface area contributed by atoms with Crippen LogP contribution in [0.3, 0.4) is 0 Å². The number of nitrogens with zero attached hydrogens (tertiary/aromatic N) is 3. The molecule has 8 nitrogen and oxygen atoms in total. The van der Waals surface area contributed by atoms with E-state index in [-0.39, 0.29) is 24.8 Å². The van der Waals surface area contributed by atoms with E-state index in [4.69, 9.17) is 4.98 Å². The number of amides is 3. The van der Waals surface area contributed by atoms with Crippen LogP contribution in [0.2, 0.25) is 0 Å². The van der Waals surface area contributed by atoms with Crippen molar-refractivity contribution in [2.45, 2.75) is 64.8 Å². The summed E-state index contributed by atoms with van der Waals surface area (Å²) in [5.74, 6) is -1.01. The molecule has 0 saturated carbocycles. The number of aryl methyl sites for hydroxylation is 1. The summed E-state index contributed by atoms with van der Waals surface area (Å²) in [5.41, 5.74) is 2.47. The minimum atomic E-state index is -1.14. The number of aliphatic hydroxyl groups is 1. The normalized spacial score (nSPS) is 26.6. The highest BCUT2D eigenvalue weighted by molar-refractivity contribution is 6.05. The van der Waals surface area contributed by atoms with E-state index in [2.05, 4.69) is 55.3 Å². The fourth-order valence-corrected chi connectivity index (χ4v) is 5.65. The molecule has 2 saturated heterocycles. The average molecular weight is 477 g/mol. The molecule has 2 fully saturated rings. The Labute approximate surface area is 205 Å². The number of carbonyl (C=O) groups is 3. The van der Waals surface area contributed by atoms with Crippen molar-refractivity contribution in [1.82, 2.24) is 20.1 Å². The van der Waals surface area contributed by atoms with Crippen LogP contribution in [0, 0.1) is 12.3 Å². The first-order valence-electron chi connectivity index (χ1n) is 12.2. The summed E-state index contributed by atoms with van der Waals surface area (Å²) in [4.78, 5) is 45.5. The van der Waals surface area contributed by atoms with Gasteiger partial charge in [-0.05, 0) is 37.5 Å². The Bertz CT molecular complexity index is 1190. The molecule has 8 heteroatoms. The Balaban J connectivity index is 1.34. The maximum absolute atomic E-state index is 13.0. The first kappa shape index (κ1) is 23.6. The van der Waals surface area contributed by atoms with Gasteiger partial charge in [-0.2, -0.15) is 0 Å². The lowest BCUT2D eigenvalue weighted by Crippen LogP contribution is -2.55. The molecule has 2 aromatic rings. The van der Waals surface area contributed by atoms with Gasteiger partial charge in [-0.25, -0.2) is 0 Å². The lowest BCUT2D eigenvalue weighted by molar-refractivity contribution is -0.137. The first-order chi connectivity index (χ1) is 16.6. The van der Waals surface area contributed by atoms with Crippen molar-refractivity contribution < 1.29 is 19.5 Å². The van der Waals surface area contributed by atoms with Gasteiger partial charge in [-0.3, -0.25) is 29.6 Å². The smallest absolute Gasteiger partial charge is 0.256 e. The molecule has 0 aliphatic carbocycles. The Morgan fingerprint density at radius 3 is 2.54 bits per heavy atom. The van der Waals surface area contributed by atoms with Gasteiger partial charge >= 0.3 is 0 Å². The van der Waals surface area contributed by atoms with E-state index in [1.165, 1.54) is 16.0 Å². The summed E-state index contributed by atoms with van der Waals surface area (Å²) < 4.78 is 0. The second-order valence-electron chi connectivity index (χ2n) is 10.8. The van der Waals surface area contributed by atoms with Crippen LogP contribution in [0.4, 0.5) is 0 Å². The Morgan fingerprint density at radius 2 is 1.86 bits per heavy atom. The van der Waals surface area contributed by atoms with Gasteiger partial charge in [0.1, 0.15) is 11.6 Å². The monoisotopic (exact) mass is 476 g/mol. The number of likely N-dealkylation sites (tertiary alicyclic amines) is 1. The summed E-state index contributed by atoms with van der Waals surface area (Å²) >= 11 is 0. The molecule has 4 heterocycles. The number of hydrogen-bond donors (Lipinski definition) is 2. The van der Waals surface area contributed by atoms with E-state index < -0.39 is 23.0 Å². The van der Waals surface area contributed by atoms with Gasteiger partial charge in [-0.15, -0.1) is 0 Å². The zero-order valence-electron chi connectivity index (χ0n) is 20.5. The zero-order valence-corrected chi connectivity index (χ0v) is 20.5. The lowest BCUT2D eigenvalue weighted by atomic mass is 9.68. The van der Waals surface area contributed by atoms with Crippen LogP contribution in [-0.2, 0) is 28.3 Å². The molecular weight excluding hydrogens is 444 g/mol. The second kappa shape index (κ2) is 8.53. The highest BCUT2D eigenvalue weighted by Gasteiger charge is 2.50. The molecule has 0 radical (unpaired) electrons. The van der Waals surface area contributed by atoms with E-state index in [1.54, 1.807) is 12.1 Å². The van der Waals surface area contributed by atoms with Crippen LogP contribution >= 0.6 is 0 Å². The number of piperidine rings is 2. The van der Waals surface area contributed by atoms with E-state index in [1.807, 2.05) is 0 Å². The third kappa shape index (κ3) is 4.15. The van der Waals surface area contributed by atoms with Crippen LogP contribution in [0.5, 0.6) is 0 Å². The minimum Gasteiger partial charge on any atom is -0.383 e. The van der Waals surface area contributed by atoms with Crippen molar-refractivity contribution in [2.24, 2.45) is 5.41 Å². The molecule has 3 aliphatic rings. The number of imide groups is 1. The molecule has 3 aliphatic heterocycles. The van der Waals surface area contributed by atoms with Crippen LogP contribution in [0.15, 0.2) is 36.4 Å². The van der Waals surface area contributed by atoms with Crippen molar-refractivity contribution in [3.8, 4) is 0 Å². The fraction of sp³-hybridized carbons (Fsp3) is 0.481. The lowest BCUT2D eigenvalue weighted by Gasteiger charge is -2.50. The third-order valence-electron chi connectivity index (χ3n) is 7.85. The van der Waals surface area contributed by atoms with Crippen molar-refractivity contribution in [1.29, 1.82) is 0 Å². The Kier molecular flexibility index (Phi) is 5.76. The van der Waals surface area contributed by atoms with Crippen LogP contribution in [0.25, 0.3) is 0 Å². The summed E-state index contributed by atoms with van der Waals surface area (Å²) in [6.07, 6.45) is 1.05. The third-order valence-corrected chi connectivity index (χ3v) is 7.85. The predicted molar refractivity (Wildman–Crippen MR) is 129 cm³/mol. The molecule has 35 heavy (non-hydrogen) atoms. The predicted octanol–water partition coefficient (Wildman–Crippen LogP) is 2.27. The average Bonchev–Trinajstić information content (AvgIpc) is 3.13. The quantitative estimate of drug-likeness (QED) is 0.657. The van der Waals surface area contributed by atoms with Gasteiger partial charge in [0.05, 0.1) is 23.5 Å². The first-order valence-corrected chi connectivity index (χ1v) is 12.2. The molecule has 0 bridgehead atoms. The highest BCUT2D eigenvalue weighted by Crippen LogP contribution is 2.46. The topological polar surface area (TPSA) is 103 Å². The van der Waals surface area contributed by atoms with Crippen LogP contribution in [-0.4, -0.2) is 56.7 Å². The number of benzene rings is 1. The molecule has 2 atom stereocenters. The molecule has 0 unspecified atom stereocenters. The van der Waals surface area contributed by atoms with Gasteiger partial charge in [0.15, 0.2) is 0 Å². The molecule has 0 spiro atoms. The minimum absolute atomic E-state index is 0.199. The van der Waals surface area contributed by atoms with E-state index in [0.29, 0.717) is 36.3 Å². The zero-order chi connectivity index (χ0) is 25.0. The molecule has 5 rings (SSSR count). The number of pyridine rings is 1. The highest BCUT2D eigenvalue weighted by atomic mass is 16.3. The number of hydrogen-bond acceptors (Lipinski definition) is 6. The summed E-state index contributed by atoms with van der Waals surface area (Å²) in [7, 11) is 0. The van der Waals surface area contributed by atoms with E-state index in [0.717, 1.165) is 13.1 Å². The van der Waals surface area contributed by atoms with Gasteiger partial charge in [0.25, 0.3) is 5.91 Å². The number of fused-ring (bicyclic) bond motifs is 1. The van der Waals surface area contributed by atoms with Crippen molar-refractivity contribution in [3.05, 3.63) is 64.5 Å². The van der Waals surface area contributed by atoms with Crippen LogP contribution < -0.4 is 5.32 Å². The van der Waals surface area contributed by atoms with Crippen LogP contribution in [0.1, 0.15) is 66.0 Å². The molecule has 1 aromatic heterocycles.